The van der Waals surface area contributed by atoms with E-state index in [2.05, 4.69) is 24.1 Å². The second-order valence-corrected chi connectivity index (χ2v) is 5.12. The van der Waals surface area contributed by atoms with Gasteiger partial charge >= 0.3 is 0 Å². The van der Waals surface area contributed by atoms with Crippen molar-refractivity contribution in [2.24, 2.45) is 5.73 Å². The van der Waals surface area contributed by atoms with Crippen molar-refractivity contribution in [3.8, 4) is 0 Å². The Bertz CT molecular complexity index is 233. The molecule has 0 saturated carbocycles. The lowest BCUT2D eigenvalue weighted by Gasteiger charge is -2.28. The van der Waals surface area contributed by atoms with Crippen molar-refractivity contribution in [2.75, 3.05) is 26.2 Å². The van der Waals surface area contributed by atoms with Crippen LogP contribution in [0.4, 0.5) is 0 Å². The second-order valence-electron chi connectivity index (χ2n) is 5.12. The predicted octanol–water partition coefficient (Wildman–Crippen LogP) is 1.74. The van der Waals surface area contributed by atoms with E-state index in [0.29, 0.717) is 0 Å². The SMILES string of the molecule is CCCCN(CC)CCCC(C)(NCC)C(N)=O. The van der Waals surface area contributed by atoms with Gasteiger partial charge in [0.1, 0.15) is 0 Å². The van der Waals surface area contributed by atoms with Gasteiger partial charge in [0.05, 0.1) is 5.54 Å². The summed E-state index contributed by atoms with van der Waals surface area (Å²) >= 11 is 0. The van der Waals surface area contributed by atoms with E-state index in [4.69, 9.17) is 5.73 Å². The first-order chi connectivity index (χ1) is 8.50. The molecule has 108 valence electrons. The molecule has 18 heavy (non-hydrogen) atoms. The summed E-state index contributed by atoms with van der Waals surface area (Å²) in [7, 11) is 0. The van der Waals surface area contributed by atoms with Crippen molar-refractivity contribution in [1.29, 1.82) is 0 Å². The van der Waals surface area contributed by atoms with Crippen molar-refractivity contribution in [2.45, 2.75) is 58.9 Å². The molecular formula is C14H31N3O. The van der Waals surface area contributed by atoms with Gasteiger partial charge in [-0.25, -0.2) is 0 Å². The van der Waals surface area contributed by atoms with E-state index in [-0.39, 0.29) is 5.91 Å². The van der Waals surface area contributed by atoms with E-state index in [1.54, 1.807) is 0 Å². The van der Waals surface area contributed by atoms with Crippen molar-refractivity contribution in [1.82, 2.24) is 10.2 Å². The predicted molar refractivity (Wildman–Crippen MR) is 77.5 cm³/mol. The van der Waals surface area contributed by atoms with Crippen LogP contribution in [-0.4, -0.2) is 42.5 Å². The van der Waals surface area contributed by atoms with Crippen LogP contribution in [0.2, 0.25) is 0 Å². The van der Waals surface area contributed by atoms with Crippen molar-refractivity contribution < 1.29 is 4.79 Å². The highest BCUT2D eigenvalue weighted by Crippen LogP contribution is 2.12. The quantitative estimate of drug-likeness (QED) is 0.593. The minimum absolute atomic E-state index is 0.249. The Hall–Kier alpha value is -0.610. The number of hydrogen-bond acceptors (Lipinski definition) is 3. The zero-order valence-electron chi connectivity index (χ0n) is 12.6. The first kappa shape index (κ1) is 17.4. The van der Waals surface area contributed by atoms with Gasteiger partial charge < -0.3 is 16.0 Å². The Morgan fingerprint density at radius 3 is 2.28 bits per heavy atom. The third-order valence-electron chi connectivity index (χ3n) is 3.54. The van der Waals surface area contributed by atoms with Gasteiger partial charge in [-0.15, -0.1) is 0 Å². The van der Waals surface area contributed by atoms with E-state index in [1.807, 2.05) is 13.8 Å². The van der Waals surface area contributed by atoms with Crippen LogP contribution in [0.5, 0.6) is 0 Å². The van der Waals surface area contributed by atoms with Gasteiger partial charge in [-0.05, 0) is 52.4 Å². The molecule has 0 aromatic rings. The number of nitrogens with zero attached hydrogens (tertiary/aromatic N) is 1. The van der Waals surface area contributed by atoms with Crippen LogP contribution in [0.15, 0.2) is 0 Å². The average Bonchev–Trinajstić information content (AvgIpc) is 2.33. The summed E-state index contributed by atoms with van der Waals surface area (Å²) in [6.07, 6.45) is 4.28. The summed E-state index contributed by atoms with van der Waals surface area (Å²) < 4.78 is 0. The number of rotatable bonds is 11. The molecule has 0 radical (unpaired) electrons. The number of primary amides is 1. The van der Waals surface area contributed by atoms with Gasteiger partial charge in [0, 0.05) is 0 Å². The Balaban J connectivity index is 4.08. The second kappa shape index (κ2) is 9.34. The average molecular weight is 257 g/mol. The molecule has 0 bridgehead atoms. The molecule has 0 aliphatic rings. The summed E-state index contributed by atoms with van der Waals surface area (Å²) in [5.41, 5.74) is 4.91. The summed E-state index contributed by atoms with van der Waals surface area (Å²) in [4.78, 5) is 13.9. The summed E-state index contributed by atoms with van der Waals surface area (Å²) in [6, 6.07) is 0. The summed E-state index contributed by atoms with van der Waals surface area (Å²) in [6.45, 7) is 12.4. The highest BCUT2D eigenvalue weighted by Gasteiger charge is 2.29. The molecule has 0 aromatic heterocycles. The van der Waals surface area contributed by atoms with E-state index in [1.165, 1.54) is 12.8 Å². The minimum Gasteiger partial charge on any atom is -0.368 e. The summed E-state index contributed by atoms with van der Waals surface area (Å²) in [5.74, 6) is -0.249. The van der Waals surface area contributed by atoms with Gasteiger partial charge in [-0.1, -0.05) is 27.2 Å². The minimum atomic E-state index is -0.557. The van der Waals surface area contributed by atoms with Crippen molar-refractivity contribution in [3.63, 3.8) is 0 Å². The highest BCUT2D eigenvalue weighted by atomic mass is 16.1. The van der Waals surface area contributed by atoms with Crippen LogP contribution in [0.1, 0.15) is 53.4 Å². The molecule has 0 aromatic carbocycles. The molecular weight excluding hydrogens is 226 g/mol. The smallest absolute Gasteiger partial charge is 0.237 e. The number of amides is 1. The maximum atomic E-state index is 11.5. The molecule has 0 aliphatic carbocycles. The first-order valence-corrected chi connectivity index (χ1v) is 7.27. The van der Waals surface area contributed by atoms with E-state index < -0.39 is 5.54 Å². The standard InChI is InChI=1S/C14H31N3O/c1-5-8-11-17(7-3)12-9-10-14(4,13(15)18)16-6-2/h16H,5-12H2,1-4H3,(H2,15,18). The maximum absolute atomic E-state index is 11.5. The number of carbonyl (C=O) groups excluding carboxylic acids is 1. The molecule has 0 saturated heterocycles. The normalized spacial score (nSPS) is 14.7. The van der Waals surface area contributed by atoms with E-state index >= 15 is 0 Å². The third kappa shape index (κ3) is 6.36. The van der Waals surface area contributed by atoms with Crippen LogP contribution in [0.3, 0.4) is 0 Å². The third-order valence-corrected chi connectivity index (χ3v) is 3.54. The van der Waals surface area contributed by atoms with Crippen molar-refractivity contribution in [3.05, 3.63) is 0 Å². The monoisotopic (exact) mass is 257 g/mol. The number of unbranched alkanes of at least 4 members (excludes halogenated alkanes) is 1. The molecule has 0 fully saturated rings. The fourth-order valence-electron chi connectivity index (χ4n) is 2.15. The molecule has 4 heteroatoms. The van der Waals surface area contributed by atoms with E-state index in [9.17, 15) is 4.79 Å². The maximum Gasteiger partial charge on any atom is 0.237 e. The lowest BCUT2D eigenvalue weighted by atomic mass is 9.94. The topological polar surface area (TPSA) is 58.4 Å². The fourth-order valence-corrected chi connectivity index (χ4v) is 2.15. The Kier molecular flexibility index (Phi) is 9.02. The zero-order chi connectivity index (χ0) is 14.0. The lowest BCUT2D eigenvalue weighted by molar-refractivity contribution is -0.124. The van der Waals surface area contributed by atoms with Gasteiger partial charge in [-0.3, -0.25) is 4.79 Å². The Morgan fingerprint density at radius 2 is 1.83 bits per heavy atom. The number of carbonyl (C=O) groups is 1. The molecule has 3 N–H and O–H groups in total. The van der Waals surface area contributed by atoms with Crippen LogP contribution < -0.4 is 11.1 Å². The van der Waals surface area contributed by atoms with Gasteiger partial charge in [-0.2, -0.15) is 0 Å². The molecule has 0 rings (SSSR count). The van der Waals surface area contributed by atoms with Gasteiger partial charge in [0.15, 0.2) is 0 Å². The molecule has 0 spiro atoms. The molecule has 1 atom stereocenters. The Labute approximate surface area is 112 Å². The molecule has 4 nitrogen and oxygen atoms in total. The largest absolute Gasteiger partial charge is 0.368 e. The van der Waals surface area contributed by atoms with Crippen LogP contribution in [0.25, 0.3) is 0 Å². The number of nitrogens with two attached hydrogens (primary N) is 1. The molecule has 0 aliphatic heterocycles. The number of likely N-dealkylation sites (N-methyl/N-ethyl adjacent to an activating group) is 1. The highest BCUT2D eigenvalue weighted by molar-refractivity contribution is 5.84. The lowest BCUT2D eigenvalue weighted by Crippen LogP contribution is -2.53. The summed E-state index contributed by atoms with van der Waals surface area (Å²) in [5, 5.41) is 3.20. The molecule has 1 unspecified atom stereocenters. The molecule has 0 heterocycles. The number of hydrogen-bond donors (Lipinski definition) is 2. The van der Waals surface area contributed by atoms with E-state index in [0.717, 1.165) is 39.0 Å². The first-order valence-electron chi connectivity index (χ1n) is 7.27. The number of nitrogens with one attached hydrogen (secondary N) is 1. The van der Waals surface area contributed by atoms with Crippen molar-refractivity contribution >= 4 is 5.91 Å². The van der Waals surface area contributed by atoms with Crippen LogP contribution in [-0.2, 0) is 4.79 Å². The van der Waals surface area contributed by atoms with Crippen LogP contribution >= 0.6 is 0 Å². The zero-order valence-corrected chi connectivity index (χ0v) is 12.6. The Morgan fingerprint density at radius 1 is 1.22 bits per heavy atom. The molecule has 1 amide bonds. The fraction of sp³-hybridized carbons (Fsp3) is 0.929. The van der Waals surface area contributed by atoms with Gasteiger partial charge in [0.2, 0.25) is 5.91 Å². The van der Waals surface area contributed by atoms with Crippen LogP contribution in [0, 0.1) is 0 Å². The van der Waals surface area contributed by atoms with Gasteiger partial charge in [0.25, 0.3) is 0 Å².